The number of β-amino-alcohol motifs (C(OH)–C–C–N with tert-alkyl or cyclic N) is 1. The fourth-order valence-corrected chi connectivity index (χ4v) is 1.57. The molecule has 0 amide bonds. The molecule has 0 radical (unpaired) electrons. The summed E-state index contributed by atoms with van der Waals surface area (Å²) < 4.78 is 5.13. The smallest absolute Gasteiger partial charge is 0.328 e. The highest BCUT2D eigenvalue weighted by Crippen LogP contribution is 2.13. The van der Waals surface area contributed by atoms with Gasteiger partial charge in [-0.2, -0.15) is 0 Å². The van der Waals surface area contributed by atoms with E-state index in [0.717, 1.165) is 0 Å². The standard InChI is InChI=1S/C11H13NO3/c13-8-6-10(12-7-8)11(14)15-9-4-2-1-3-5-9/h1-5,8,10,12-13H,6-7H2/t8-,10+/m1/s1. The first kappa shape index (κ1) is 10.1. The molecule has 1 aromatic rings. The highest BCUT2D eigenvalue weighted by Gasteiger charge is 2.29. The van der Waals surface area contributed by atoms with Crippen LogP contribution in [0.5, 0.6) is 5.75 Å². The first-order chi connectivity index (χ1) is 7.25. The van der Waals surface area contributed by atoms with E-state index in [1.807, 2.05) is 6.07 Å². The highest BCUT2D eigenvalue weighted by atomic mass is 16.5. The molecule has 1 fully saturated rings. The molecule has 4 nitrogen and oxygen atoms in total. The van der Waals surface area contributed by atoms with E-state index in [0.29, 0.717) is 18.7 Å². The molecule has 2 rings (SSSR count). The molecule has 0 spiro atoms. The van der Waals surface area contributed by atoms with Crippen molar-refractivity contribution < 1.29 is 14.6 Å². The summed E-state index contributed by atoms with van der Waals surface area (Å²) in [6, 6.07) is 8.53. The number of ether oxygens (including phenoxy) is 1. The number of carbonyl (C=O) groups is 1. The maximum absolute atomic E-state index is 11.6. The Labute approximate surface area is 87.9 Å². The SMILES string of the molecule is O=C(Oc1ccccc1)[C@@H]1C[C@@H](O)CN1. The van der Waals surface area contributed by atoms with Crippen LogP contribution < -0.4 is 10.1 Å². The molecule has 1 aliphatic rings. The van der Waals surface area contributed by atoms with Gasteiger partial charge in [-0.25, -0.2) is 4.79 Å². The number of esters is 1. The quantitative estimate of drug-likeness (QED) is 0.541. The number of carbonyl (C=O) groups excluding carboxylic acids is 1. The van der Waals surface area contributed by atoms with Gasteiger partial charge < -0.3 is 15.2 Å². The minimum atomic E-state index is -0.446. The van der Waals surface area contributed by atoms with E-state index < -0.39 is 6.10 Å². The van der Waals surface area contributed by atoms with Crippen molar-refractivity contribution in [2.45, 2.75) is 18.6 Å². The molecule has 1 saturated heterocycles. The number of hydrogen-bond donors (Lipinski definition) is 2. The Hall–Kier alpha value is -1.39. The van der Waals surface area contributed by atoms with E-state index in [-0.39, 0.29) is 12.0 Å². The lowest BCUT2D eigenvalue weighted by Gasteiger charge is -2.09. The van der Waals surface area contributed by atoms with Crippen LogP contribution in [0.4, 0.5) is 0 Å². The normalized spacial score (nSPS) is 25.1. The van der Waals surface area contributed by atoms with Crippen molar-refractivity contribution in [3.8, 4) is 5.75 Å². The predicted octanol–water partition coefficient (Wildman–Crippen LogP) is 0.315. The maximum atomic E-state index is 11.6. The average molecular weight is 207 g/mol. The molecule has 15 heavy (non-hydrogen) atoms. The Morgan fingerprint density at radius 2 is 2.13 bits per heavy atom. The number of nitrogens with one attached hydrogen (secondary N) is 1. The number of hydrogen-bond acceptors (Lipinski definition) is 4. The first-order valence-corrected chi connectivity index (χ1v) is 4.94. The zero-order valence-electron chi connectivity index (χ0n) is 8.22. The third kappa shape index (κ3) is 2.55. The van der Waals surface area contributed by atoms with E-state index >= 15 is 0 Å². The summed E-state index contributed by atoms with van der Waals surface area (Å²) in [5.74, 6) is 0.198. The number of benzene rings is 1. The predicted molar refractivity (Wildman–Crippen MR) is 54.5 cm³/mol. The molecule has 2 atom stereocenters. The van der Waals surface area contributed by atoms with Gasteiger partial charge in [0.2, 0.25) is 0 Å². The van der Waals surface area contributed by atoms with Gasteiger partial charge >= 0.3 is 5.97 Å². The third-order valence-electron chi connectivity index (χ3n) is 2.35. The molecule has 1 aliphatic heterocycles. The molecule has 2 N–H and O–H groups in total. The lowest BCUT2D eigenvalue weighted by atomic mass is 10.2. The second kappa shape index (κ2) is 4.42. The Bertz CT molecular complexity index is 339. The minimum absolute atomic E-state index is 0.335. The van der Waals surface area contributed by atoms with Crippen molar-refractivity contribution in [3.05, 3.63) is 30.3 Å². The Kier molecular flexibility index (Phi) is 2.99. The number of para-hydroxylation sites is 1. The molecular weight excluding hydrogens is 194 g/mol. The number of aliphatic hydroxyl groups is 1. The zero-order chi connectivity index (χ0) is 10.7. The van der Waals surface area contributed by atoms with E-state index in [1.54, 1.807) is 24.3 Å². The van der Waals surface area contributed by atoms with Crippen LogP contribution in [0.1, 0.15) is 6.42 Å². The zero-order valence-corrected chi connectivity index (χ0v) is 8.22. The van der Waals surface area contributed by atoms with Crippen molar-refractivity contribution in [1.29, 1.82) is 0 Å². The summed E-state index contributed by atoms with van der Waals surface area (Å²) in [6.07, 6.45) is -0.0237. The lowest BCUT2D eigenvalue weighted by Crippen LogP contribution is -2.34. The topological polar surface area (TPSA) is 58.6 Å². The van der Waals surface area contributed by atoms with Gasteiger partial charge in [-0.1, -0.05) is 18.2 Å². The molecule has 0 aromatic heterocycles. The second-order valence-corrected chi connectivity index (χ2v) is 3.58. The lowest BCUT2D eigenvalue weighted by molar-refractivity contribution is -0.136. The van der Waals surface area contributed by atoms with Crippen molar-refractivity contribution >= 4 is 5.97 Å². The van der Waals surface area contributed by atoms with E-state index in [4.69, 9.17) is 4.74 Å². The van der Waals surface area contributed by atoms with Crippen molar-refractivity contribution in [1.82, 2.24) is 5.32 Å². The highest BCUT2D eigenvalue weighted by molar-refractivity contribution is 5.78. The first-order valence-electron chi connectivity index (χ1n) is 4.94. The van der Waals surface area contributed by atoms with Crippen LogP contribution >= 0.6 is 0 Å². The monoisotopic (exact) mass is 207 g/mol. The summed E-state index contributed by atoms with van der Waals surface area (Å²) in [5, 5.41) is 12.1. The van der Waals surface area contributed by atoms with Crippen LogP contribution in [0, 0.1) is 0 Å². The largest absolute Gasteiger partial charge is 0.425 e. The van der Waals surface area contributed by atoms with Gasteiger partial charge in [0, 0.05) is 13.0 Å². The molecule has 1 heterocycles. The summed E-state index contributed by atoms with van der Waals surface area (Å²) in [7, 11) is 0. The molecule has 80 valence electrons. The van der Waals surface area contributed by atoms with Gasteiger partial charge in [-0.15, -0.1) is 0 Å². The Balaban J connectivity index is 1.93. The fourth-order valence-electron chi connectivity index (χ4n) is 1.57. The van der Waals surface area contributed by atoms with Gasteiger partial charge in [-0.05, 0) is 12.1 Å². The van der Waals surface area contributed by atoms with Gasteiger partial charge in [0.1, 0.15) is 11.8 Å². The Morgan fingerprint density at radius 1 is 1.40 bits per heavy atom. The van der Waals surface area contributed by atoms with Crippen LogP contribution in [0.2, 0.25) is 0 Å². The molecule has 4 heteroatoms. The molecule has 0 aliphatic carbocycles. The summed E-state index contributed by atoms with van der Waals surface area (Å²) >= 11 is 0. The van der Waals surface area contributed by atoms with Crippen LogP contribution in [-0.4, -0.2) is 29.8 Å². The van der Waals surface area contributed by atoms with Crippen LogP contribution in [0.15, 0.2) is 30.3 Å². The number of aliphatic hydroxyl groups excluding tert-OH is 1. The van der Waals surface area contributed by atoms with E-state index in [9.17, 15) is 9.90 Å². The Morgan fingerprint density at radius 3 is 2.73 bits per heavy atom. The molecular formula is C11H13NO3. The van der Waals surface area contributed by atoms with Crippen molar-refractivity contribution in [2.75, 3.05) is 6.54 Å². The minimum Gasteiger partial charge on any atom is -0.425 e. The van der Waals surface area contributed by atoms with Gasteiger partial charge in [0.25, 0.3) is 0 Å². The van der Waals surface area contributed by atoms with Gasteiger partial charge in [-0.3, -0.25) is 0 Å². The molecule has 0 saturated carbocycles. The van der Waals surface area contributed by atoms with Gasteiger partial charge in [0.05, 0.1) is 6.10 Å². The van der Waals surface area contributed by atoms with Crippen LogP contribution in [-0.2, 0) is 4.79 Å². The van der Waals surface area contributed by atoms with E-state index in [2.05, 4.69) is 5.32 Å². The average Bonchev–Trinajstić information content (AvgIpc) is 2.66. The molecule has 0 bridgehead atoms. The summed E-state index contributed by atoms with van der Waals surface area (Å²) in [4.78, 5) is 11.6. The molecule has 0 unspecified atom stereocenters. The fraction of sp³-hybridized carbons (Fsp3) is 0.364. The summed E-state index contributed by atoms with van der Waals surface area (Å²) in [6.45, 7) is 0.453. The number of rotatable bonds is 2. The third-order valence-corrected chi connectivity index (χ3v) is 2.35. The van der Waals surface area contributed by atoms with Crippen molar-refractivity contribution in [3.63, 3.8) is 0 Å². The van der Waals surface area contributed by atoms with Crippen LogP contribution in [0.3, 0.4) is 0 Å². The van der Waals surface area contributed by atoms with Crippen molar-refractivity contribution in [2.24, 2.45) is 0 Å². The summed E-state index contributed by atoms with van der Waals surface area (Å²) in [5.41, 5.74) is 0. The second-order valence-electron chi connectivity index (χ2n) is 3.58. The van der Waals surface area contributed by atoms with Gasteiger partial charge in [0.15, 0.2) is 0 Å². The molecule has 1 aromatic carbocycles. The van der Waals surface area contributed by atoms with Crippen LogP contribution in [0.25, 0.3) is 0 Å². The maximum Gasteiger partial charge on any atom is 0.328 e. The van der Waals surface area contributed by atoms with E-state index in [1.165, 1.54) is 0 Å².